The van der Waals surface area contributed by atoms with Gasteiger partial charge in [-0.1, -0.05) is 11.6 Å². The Morgan fingerprint density at radius 3 is 3.00 bits per heavy atom. The molecule has 1 atom stereocenters. The predicted molar refractivity (Wildman–Crippen MR) is 66.8 cm³/mol. The first-order chi connectivity index (χ1) is 7.69. The van der Waals surface area contributed by atoms with E-state index in [1.54, 1.807) is 0 Å². The van der Waals surface area contributed by atoms with Crippen LogP contribution in [0.4, 0.5) is 0 Å². The minimum atomic E-state index is 0.379. The van der Waals surface area contributed by atoms with Crippen molar-refractivity contribution in [3.05, 3.63) is 35.2 Å². The summed E-state index contributed by atoms with van der Waals surface area (Å²) in [4.78, 5) is 8.82. The Morgan fingerprint density at radius 1 is 1.44 bits per heavy atom. The van der Waals surface area contributed by atoms with E-state index in [9.17, 15) is 0 Å². The third-order valence-electron chi connectivity index (χ3n) is 2.57. The third kappa shape index (κ3) is 2.49. The van der Waals surface area contributed by atoms with Crippen LogP contribution in [0.1, 0.15) is 12.7 Å². The second kappa shape index (κ2) is 4.76. The van der Waals surface area contributed by atoms with Crippen LogP contribution >= 0.6 is 11.6 Å². The molecule has 0 aliphatic heterocycles. The number of benzene rings is 1. The topological polar surface area (TPSA) is 37.8 Å². The minimum Gasteiger partial charge on any atom is -0.317 e. The molecule has 1 aromatic carbocycles. The maximum atomic E-state index is 5.90. The molecule has 1 N–H and O–H groups in total. The predicted octanol–water partition coefficient (Wildman–Crippen LogP) is 2.43. The van der Waals surface area contributed by atoms with Crippen molar-refractivity contribution in [2.45, 2.75) is 19.4 Å². The number of rotatable bonds is 3. The lowest BCUT2D eigenvalue weighted by atomic mass is 10.2. The molecule has 3 nitrogen and oxygen atoms in total. The van der Waals surface area contributed by atoms with Crippen LogP contribution in [0.5, 0.6) is 0 Å². The van der Waals surface area contributed by atoms with E-state index in [-0.39, 0.29) is 0 Å². The molecule has 1 unspecified atom stereocenters. The van der Waals surface area contributed by atoms with Crippen molar-refractivity contribution in [3.63, 3.8) is 0 Å². The van der Waals surface area contributed by atoms with Crippen molar-refractivity contribution in [2.75, 3.05) is 7.05 Å². The van der Waals surface area contributed by atoms with Gasteiger partial charge in [0, 0.05) is 29.1 Å². The lowest BCUT2D eigenvalue weighted by Crippen LogP contribution is -2.24. The van der Waals surface area contributed by atoms with E-state index in [1.807, 2.05) is 31.4 Å². The monoisotopic (exact) mass is 235 g/mol. The maximum absolute atomic E-state index is 5.90. The fourth-order valence-corrected chi connectivity index (χ4v) is 1.70. The first kappa shape index (κ1) is 11.3. The zero-order valence-corrected chi connectivity index (χ0v) is 10.1. The van der Waals surface area contributed by atoms with Gasteiger partial charge in [0.15, 0.2) is 0 Å². The second-order valence-corrected chi connectivity index (χ2v) is 4.32. The van der Waals surface area contributed by atoms with Gasteiger partial charge in [0.2, 0.25) is 0 Å². The number of hydrogen-bond acceptors (Lipinski definition) is 3. The molecule has 4 heteroatoms. The van der Waals surface area contributed by atoms with Crippen LogP contribution in [-0.4, -0.2) is 23.1 Å². The number of nitrogens with one attached hydrogen (secondary N) is 1. The van der Waals surface area contributed by atoms with E-state index >= 15 is 0 Å². The summed E-state index contributed by atoms with van der Waals surface area (Å²) in [7, 11) is 1.94. The molecule has 2 aromatic rings. The highest BCUT2D eigenvalue weighted by Crippen LogP contribution is 2.17. The van der Waals surface area contributed by atoms with Gasteiger partial charge in [-0.15, -0.1) is 0 Å². The van der Waals surface area contributed by atoms with E-state index in [0.717, 1.165) is 23.1 Å². The van der Waals surface area contributed by atoms with Gasteiger partial charge in [0.05, 0.1) is 5.52 Å². The molecule has 0 aliphatic carbocycles. The molecule has 2 rings (SSSR count). The lowest BCUT2D eigenvalue weighted by Gasteiger charge is -2.08. The molecule has 0 spiro atoms. The average molecular weight is 236 g/mol. The van der Waals surface area contributed by atoms with Crippen molar-refractivity contribution in [2.24, 2.45) is 0 Å². The maximum Gasteiger partial charge on any atom is 0.130 e. The smallest absolute Gasteiger partial charge is 0.130 e. The van der Waals surface area contributed by atoms with Gasteiger partial charge in [-0.05, 0) is 32.2 Å². The number of hydrogen-bond donors (Lipinski definition) is 1. The van der Waals surface area contributed by atoms with Gasteiger partial charge in [0.1, 0.15) is 5.82 Å². The summed E-state index contributed by atoms with van der Waals surface area (Å²) in [5, 5.41) is 4.86. The van der Waals surface area contributed by atoms with Gasteiger partial charge in [-0.25, -0.2) is 9.97 Å². The quantitative estimate of drug-likeness (QED) is 0.888. The largest absolute Gasteiger partial charge is 0.317 e. The Balaban J connectivity index is 2.33. The zero-order valence-electron chi connectivity index (χ0n) is 9.37. The molecule has 84 valence electrons. The summed E-state index contributed by atoms with van der Waals surface area (Å²) in [6, 6.07) is 6.03. The van der Waals surface area contributed by atoms with Gasteiger partial charge < -0.3 is 5.32 Å². The number of nitrogens with zero attached hydrogens (tertiary/aromatic N) is 2. The van der Waals surface area contributed by atoms with E-state index in [1.165, 1.54) is 0 Å². The number of halogens is 1. The van der Waals surface area contributed by atoms with Crippen LogP contribution in [0.2, 0.25) is 5.02 Å². The fourth-order valence-electron chi connectivity index (χ4n) is 1.52. The van der Waals surface area contributed by atoms with Gasteiger partial charge in [-0.2, -0.15) is 0 Å². The van der Waals surface area contributed by atoms with E-state index in [0.29, 0.717) is 11.1 Å². The highest BCUT2D eigenvalue weighted by molar-refractivity contribution is 6.31. The SMILES string of the molecule is CNC(C)Cc1ncc2cc(Cl)ccc2n1. The molecular formula is C12H14ClN3. The Bertz CT molecular complexity index is 499. The summed E-state index contributed by atoms with van der Waals surface area (Å²) in [5.41, 5.74) is 0.942. The summed E-state index contributed by atoms with van der Waals surface area (Å²) in [6.07, 6.45) is 2.65. The lowest BCUT2D eigenvalue weighted by molar-refractivity contribution is 0.592. The van der Waals surface area contributed by atoms with Gasteiger partial charge in [0.25, 0.3) is 0 Å². The van der Waals surface area contributed by atoms with Crippen LogP contribution in [-0.2, 0) is 6.42 Å². The molecule has 0 saturated carbocycles. The van der Waals surface area contributed by atoms with E-state index < -0.39 is 0 Å². The molecule has 0 saturated heterocycles. The van der Waals surface area contributed by atoms with Crippen molar-refractivity contribution < 1.29 is 0 Å². The highest BCUT2D eigenvalue weighted by Gasteiger charge is 2.04. The Morgan fingerprint density at radius 2 is 2.25 bits per heavy atom. The van der Waals surface area contributed by atoms with Crippen molar-refractivity contribution in [1.82, 2.24) is 15.3 Å². The molecule has 0 fully saturated rings. The molecule has 0 radical (unpaired) electrons. The molecule has 1 aromatic heterocycles. The first-order valence-corrected chi connectivity index (χ1v) is 5.65. The van der Waals surface area contributed by atoms with Crippen LogP contribution in [0.15, 0.2) is 24.4 Å². The van der Waals surface area contributed by atoms with Gasteiger partial charge in [-0.3, -0.25) is 0 Å². The fraction of sp³-hybridized carbons (Fsp3) is 0.333. The van der Waals surface area contributed by atoms with E-state index in [4.69, 9.17) is 11.6 Å². The molecular weight excluding hydrogens is 222 g/mol. The summed E-state index contributed by atoms with van der Waals surface area (Å²) in [5.74, 6) is 0.858. The number of fused-ring (bicyclic) bond motifs is 1. The van der Waals surface area contributed by atoms with Crippen LogP contribution in [0.25, 0.3) is 10.9 Å². The van der Waals surface area contributed by atoms with Crippen LogP contribution in [0, 0.1) is 0 Å². The second-order valence-electron chi connectivity index (χ2n) is 3.88. The zero-order chi connectivity index (χ0) is 11.5. The summed E-state index contributed by atoms with van der Waals surface area (Å²) >= 11 is 5.90. The average Bonchev–Trinajstić information content (AvgIpc) is 2.29. The van der Waals surface area contributed by atoms with Crippen molar-refractivity contribution >= 4 is 22.5 Å². The number of likely N-dealkylation sites (N-methyl/N-ethyl adjacent to an activating group) is 1. The Kier molecular flexibility index (Phi) is 3.36. The summed E-state index contributed by atoms with van der Waals surface area (Å²) in [6.45, 7) is 2.11. The molecule has 0 bridgehead atoms. The van der Waals surface area contributed by atoms with Crippen LogP contribution in [0.3, 0.4) is 0 Å². The van der Waals surface area contributed by atoms with Crippen molar-refractivity contribution in [3.8, 4) is 0 Å². The number of aromatic nitrogens is 2. The third-order valence-corrected chi connectivity index (χ3v) is 2.81. The van der Waals surface area contributed by atoms with E-state index in [2.05, 4.69) is 22.2 Å². The molecule has 16 heavy (non-hydrogen) atoms. The van der Waals surface area contributed by atoms with Crippen LogP contribution < -0.4 is 5.32 Å². The molecule has 0 aliphatic rings. The Hall–Kier alpha value is -1.19. The normalized spacial score (nSPS) is 12.9. The van der Waals surface area contributed by atoms with Crippen molar-refractivity contribution in [1.29, 1.82) is 0 Å². The molecule has 0 amide bonds. The van der Waals surface area contributed by atoms with Gasteiger partial charge >= 0.3 is 0 Å². The molecule has 1 heterocycles. The minimum absolute atomic E-state index is 0.379. The standard InChI is InChI=1S/C12H14ClN3/c1-8(14-2)5-12-15-7-9-6-10(13)3-4-11(9)16-12/h3-4,6-8,14H,5H2,1-2H3. The highest BCUT2D eigenvalue weighted by atomic mass is 35.5. The first-order valence-electron chi connectivity index (χ1n) is 5.27. The Labute approximate surface area is 99.9 Å². The summed E-state index contributed by atoms with van der Waals surface area (Å²) < 4.78 is 0.